The quantitative estimate of drug-likeness (QED) is 0.890. The molecule has 0 saturated carbocycles. The summed E-state index contributed by atoms with van der Waals surface area (Å²) in [5.41, 5.74) is 6.24. The number of carbonyl (C=O) groups is 1. The van der Waals surface area contributed by atoms with Gasteiger partial charge in [-0.2, -0.15) is 0 Å². The van der Waals surface area contributed by atoms with Crippen LogP contribution in [-0.4, -0.2) is 11.9 Å². The van der Waals surface area contributed by atoms with Crippen molar-refractivity contribution in [1.82, 2.24) is 5.32 Å². The highest BCUT2D eigenvalue weighted by atomic mass is 79.9. The Bertz CT molecular complexity index is 384. The fraction of sp³-hybridized carbons (Fsp3) is 0.364. The molecule has 16 heavy (non-hydrogen) atoms. The number of amides is 1. The normalized spacial score (nSPS) is 12.2. The van der Waals surface area contributed by atoms with E-state index in [1.54, 1.807) is 6.07 Å². The van der Waals surface area contributed by atoms with Crippen LogP contribution in [0.3, 0.4) is 0 Å². The number of carbonyl (C=O) groups excluding carboxylic acids is 1. The molecule has 0 aliphatic heterocycles. The number of hydrogen-bond donors (Lipinski definition) is 2. The van der Waals surface area contributed by atoms with Crippen molar-refractivity contribution < 1.29 is 9.18 Å². The summed E-state index contributed by atoms with van der Waals surface area (Å²) in [6.07, 6.45) is 0.580. The van der Waals surface area contributed by atoms with E-state index in [0.717, 1.165) is 4.47 Å². The summed E-state index contributed by atoms with van der Waals surface area (Å²) < 4.78 is 13.7. The van der Waals surface area contributed by atoms with Crippen LogP contribution >= 0.6 is 15.9 Å². The average molecular weight is 289 g/mol. The lowest BCUT2D eigenvalue weighted by atomic mass is 10.2. The summed E-state index contributed by atoms with van der Waals surface area (Å²) in [6.45, 7) is 2.10. The van der Waals surface area contributed by atoms with Gasteiger partial charge in [0.05, 0.1) is 6.04 Å². The zero-order valence-corrected chi connectivity index (χ0v) is 10.6. The number of hydrogen-bond acceptors (Lipinski definition) is 2. The van der Waals surface area contributed by atoms with Crippen molar-refractivity contribution in [2.45, 2.75) is 25.9 Å². The molecule has 1 amide bonds. The Balaban J connectivity index is 2.61. The van der Waals surface area contributed by atoms with Gasteiger partial charge < -0.3 is 11.1 Å². The lowest BCUT2D eigenvalue weighted by molar-refractivity contribution is -0.122. The minimum Gasteiger partial charge on any atom is -0.351 e. The van der Waals surface area contributed by atoms with Crippen molar-refractivity contribution in [3.05, 3.63) is 34.1 Å². The van der Waals surface area contributed by atoms with Crippen LogP contribution in [0.25, 0.3) is 0 Å². The van der Waals surface area contributed by atoms with Crippen molar-refractivity contribution in [2.75, 3.05) is 0 Å². The molecule has 1 aromatic rings. The van der Waals surface area contributed by atoms with Crippen LogP contribution in [0.15, 0.2) is 22.7 Å². The first-order valence-corrected chi connectivity index (χ1v) is 5.81. The first kappa shape index (κ1) is 13.1. The highest BCUT2D eigenvalue weighted by Crippen LogP contribution is 2.17. The Morgan fingerprint density at radius 1 is 1.62 bits per heavy atom. The van der Waals surface area contributed by atoms with Gasteiger partial charge in [0.25, 0.3) is 0 Å². The zero-order valence-electron chi connectivity index (χ0n) is 8.97. The minimum absolute atomic E-state index is 0.223. The van der Waals surface area contributed by atoms with Gasteiger partial charge in [0.1, 0.15) is 5.82 Å². The van der Waals surface area contributed by atoms with Gasteiger partial charge in [-0.3, -0.25) is 4.79 Å². The molecule has 0 heterocycles. The summed E-state index contributed by atoms with van der Waals surface area (Å²) in [6, 6.07) is 3.83. The Morgan fingerprint density at radius 2 is 2.31 bits per heavy atom. The first-order valence-electron chi connectivity index (χ1n) is 5.01. The molecule has 0 radical (unpaired) electrons. The van der Waals surface area contributed by atoms with Crippen LogP contribution < -0.4 is 11.1 Å². The largest absolute Gasteiger partial charge is 0.351 e. The van der Waals surface area contributed by atoms with Gasteiger partial charge in [-0.1, -0.05) is 22.9 Å². The lowest BCUT2D eigenvalue weighted by Gasteiger charge is -2.11. The molecule has 0 unspecified atom stereocenters. The fourth-order valence-electron chi connectivity index (χ4n) is 1.18. The molecule has 0 saturated heterocycles. The summed E-state index contributed by atoms with van der Waals surface area (Å²) in [7, 11) is 0. The standard InChI is InChI=1S/C11H14BrFN2O/c1-2-10(14)11(16)15-6-7-5-8(13)3-4-9(7)12/h3-5,10H,2,6,14H2,1H3,(H,15,16)/t10-/m0/s1. The molecular weight excluding hydrogens is 275 g/mol. The Morgan fingerprint density at radius 3 is 2.94 bits per heavy atom. The van der Waals surface area contributed by atoms with Crippen LogP contribution in [0, 0.1) is 5.82 Å². The van der Waals surface area contributed by atoms with Crippen molar-refractivity contribution >= 4 is 21.8 Å². The molecule has 3 N–H and O–H groups in total. The van der Waals surface area contributed by atoms with Crippen molar-refractivity contribution in [3.8, 4) is 0 Å². The molecule has 0 spiro atoms. The molecule has 5 heteroatoms. The minimum atomic E-state index is -0.507. The predicted molar refractivity (Wildman–Crippen MR) is 64.2 cm³/mol. The first-order chi connectivity index (χ1) is 7.54. The molecule has 1 atom stereocenters. The second kappa shape index (κ2) is 5.96. The van der Waals surface area contributed by atoms with Gasteiger partial charge in [-0.05, 0) is 30.2 Å². The highest BCUT2D eigenvalue weighted by molar-refractivity contribution is 9.10. The van der Waals surface area contributed by atoms with Crippen LogP contribution in [0.4, 0.5) is 4.39 Å². The average Bonchev–Trinajstić information content (AvgIpc) is 2.28. The van der Waals surface area contributed by atoms with Crippen molar-refractivity contribution in [2.24, 2.45) is 5.73 Å². The topological polar surface area (TPSA) is 55.1 Å². The maximum absolute atomic E-state index is 12.9. The molecule has 88 valence electrons. The van der Waals surface area contributed by atoms with E-state index in [1.807, 2.05) is 6.92 Å². The number of nitrogens with one attached hydrogen (secondary N) is 1. The third-order valence-corrected chi connectivity index (χ3v) is 3.01. The molecule has 0 bridgehead atoms. The molecule has 3 nitrogen and oxygen atoms in total. The molecule has 1 aromatic carbocycles. The summed E-state index contributed by atoms with van der Waals surface area (Å²) >= 11 is 3.29. The molecule has 0 fully saturated rings. The van der Waals surface area contributed by atoms with Crippen LogP contribution in [0.2, 0.25) is 0 Å². The maximum Gasteiger partial charge on any atom is 0.237 e. The van der Waals surface area contributed by atoms with E-state index in [-0.39, 0.29) is 18.3 Å². The summed E-state index contributed by atoms with van der Waals surface area (Å²) in [5, 5.41) is 2.66. The Hall–Kier alpha value is -0.940. The number of rotatable bonds is 4. The number of benzene rings is 1. The Labute approximate surface area is 102 Å². The van der Waals surface area contributed by atoms with Gasteiger partial charge in [0, 0.05) is 11.0 Å². The SMILES string of the molecule is CC[C@H](N)C(=O)NCc1cc(F)ccc1Br. The van der Waals surface area contributed by atoms with Crippen LogP contribution in [0.1, 0.15) is 18.9 Å². The van der Waals surface area contributed by atoms with Crippen LogP contribution in [0.5, 0.6) is 0 Å². The predicted octanol–water partition coefficient (Wildman–Crippen LogP) is 1.94. The van der Waals surface area contributed by atoms with Crippen molar-refractivity contribution in [1.29, 1.82) is 0 Å². The fourth-order valence-corrected chi connectivity index (χ4v) is 1.56. The number of halogens is 2. The van der Waals surface area contributed by atoms with E-state index in [9.17, 15) is 9.18 Å². The molecule has 0 aliphatic rings. The summed E-state index contributed by atoms with van der Waals surface area (Å²) in [4.78, 5) is 11.4. The van der Waals surface area contributed by atoms with Crippen molar-refractivity contribution in [3.63, 3.8) is 0 Å². The molecule has 1 rings (SSSR count). The van der Waals surface area contributed by atoms with E-state index in [4.69, 9.17) is 5.73 Å². The van der Waals surface area contributed by atoms with E-state index in [2.05, 4.69) is 21.2 Å². The summed E-state index contributed by atoms with van der Waals surface area (Å²) in [5.74, 6) is -0.550. The second-order valence-corrected chi connectivity index (χ2v) is 4.32. The van der Waals surface area contributed by atoms with E-state index in [0.29, 0.717) is 12.0 Å². The smallest absolute Gasteiger partial charge is 0.237 e. The second-order valence-electron chi connectivity index (χ2n) is 3.47. The van der Waals surface area contributed by atoms with Gasteiger partial charge in [0.2, 0.25) is 5.91 Å². The molecule has 0 aromatic heterocycles. The third-order valence-electron chi connectivity index (χ3n) is 2.24. The maximum atomic E-state index is 12.9. The zero-order chi connectivity index (χ0) is 12.1. The van der Waals surface area contributed by atoms with E-state index in [1.165, 1.54) is 12.1 Å². The van der Waals surface area contributed by atoms with Gasteiger partial charge in [0.15, 0.2) is 0 Å². The van der Waals surface area contributed by atoms with Gasteiger partial charge >= 0.3 is 0 Å². The monoisotopic (exact) mass is 288 g/mol. The third kappa shape index (κ3) is 3.57. The molecule has 0 aliphatic carbocycles. The van der Waals surface area contributed by atoms with E-state index < -0.39 is 6.04 Å². The Kier molecular flexibility index (Phi) is 4.89. The lowest BCUT2D eigenvalue weighted by Crippen LogP contribution is -2.39. The van der Waals surface area contributed by atoms with Crippen LogP contribution in [-0.2, 0) is 11.3 Å². The van der Waals surface area contributed by atoms with Gasteiger partial charge in [-0.15, -0.1) is 0 Å². The number of nitrogens with two attached hydrogens (primary N) is 1. The highest BCUT2D eigenvalue weighted by Gasteiger charge is 2.11. The van der Waals surface area contributed by atoms with E-state index >= 15 is 0 Å². The van der Waals surface area contributed by atoms with Gasteiger partial charge in [-0.25, -0.2) is 4.39 Å². The molecular formula is C11H14BrFN2O.